The van der Waals surface area contributed by atoms with Gasteiger partial charge in [0.15, 0.2) is 0 Å². The van der Waals surface area contributed by atoms with E-state index in [9.17, 15) is 18.0 Å². The van der Waals surface area contributed by atoms with Crippen LogP contribution in [0.2, 0.25) is 0 Å². The number of ether oxygens (including phenoxy) is 1. The van der Waals surface area contributed by atoms with Gasteiger partial charge in [0.1, 0.15) is 11.8 Å². The number of aromatic nitrogens is 2. The molecule has 2 aromatic rings. The van der Waals surface area contributed by atoms with Crippen molar-refractivity contribution in [3.63, 3.8) is 0 Å². The predicted octanol–water partition coefficient (Wildman–Crippen LogP) is 2.49. The predicted molar refractivity (Wildman–Crippen MR) is 106 cm³/mol. The van der Waals surface area contributed by atoms with Gasteiger partial charge in [-0.25, -0.2) is 15.4 Å². The number of nitrogens with one attached hydrogen (secondary N) is 3. The first-order chi connectivity index (χ1) is 15.3. The van der Waals surface area contributed by atoms with Crippen LogP contribution in [0.1, 0.15) is 52.5 Å². The van der Waals surface area contributed by atoms with E-state index in [2.05, 4.69) is 26.1 Å². The quantitative estimate of drug-likeness (QED) is 0.662. The topological polar surface area (TPSA) is 112 Å². The molecule has 1 aliphatic carbocycles. The summed E-state index contributed by atoms with van der Waals surface area (Å²) < 4.78 is 45.5. The summed E-state index contributed by atoms with van der Waals surface area (Å²) in [4.78, 5) is 20.4. The second kappa shape index (κ2) is 8.72. The van der Waals surface area contributed by atoms with Crippen LogP contribution < -0.4 is 20.9 Å². The minimum absolute atomic E-state index is 0.0598. The lowest BCUT2D eigenvalue weighted by Crippen LogP contribution is -2.44. The molecule has 0 bridgehead atoms. The van der Waals surface area contributed by atoms with Gasteiger partial charge in [-0.15, -0.1) is 0 Å². The third-order valence-electron chi connectivity index (χ3n) is 5.95. The Morgan fingerprint density at radius 3 is 2.81 bits per heavy atom. The average molecular weight is 446 g/mol. The van der Waals surface area contributed by atoms with Gasteiger partial charge >= 0.3 is 6.18 Å². The Bertz CT molecular complexity index is 1050. The Balaban J connectivity index is 1.50. The molecule has 2 fully saturated rings. The van der Waals surface area contributed by atoms with Crippen molar-refractivity contribution in [2.75, 3.05) is 7.11 Å². The van der Waals surface area contributed by atoms with E-state index in [1.54, 1.807) is 12.3 Å². The summed E-state index contributed by atoms with van der Waals surface area (Å²) in [6.07, 6.45) is -0.239. The number of alkyl halides is 3. The van der Waals surface area contributed by atoms with Crippen LogP contribution in [0.4, 0.5) is 13.2 Å². The molecule has 3 heterocycles. The fraction of sp³-hybridized carbons (Fsp3) is 0.429. The maximum Gasteiger partial charge on any atom is 0.418 e. The molecule has 1 saturated carbocycles. The zero-order valence-corrected chi connectivity index (χ0v) is 17.1. The molecule has 168 valence electrons. The van der Waals surface area contributed by atoms with E-state index in [0.717, 1.165) is 18.2 Å². The summed E-state index contributed by atoms with van der Waals surface area (Å²) in [6, 6.07) is 5.78. The highest BCUT2D eigenvalue weighted by atomic mass is 19.4. The summed E-state index contributed by atoms with van der Waals surface area (Å²) in [6.45, 7) is 0. The molecule has 32 heavy (non-hydrogen) atoms. The molecule has 8 nitrogen and oxygen atoms in total. The number of amides is 1. The molecule has 0 radical (unpaired) electrons. The number of rotatable bonds is 4. The van der Waals surface area contributed by atoms with Gasteiger partial charge < -0.3 is 10.1 Å². The molecular formula is C21H21F3N6O2. The summed E-state index contributed by atoms with van der Waals surface area (Å²) in [5.74, 6) is -0.302. The first-order valence-corrected chi connectivity index (χ1v) is 10.1. The van der Waals surface area contributed by atoms with Gasteiger partial charge in [0.25, 0.3) is 5.91 Å². The smallest absolute Gasteiger partial charge is 0.418 e. The van der Waals surface area contributed by atoms with E-state index >= 15 is 0 Å². The minimum Gasteiger partial charge on any atom is -0.481 e. The summed E-state index contributed by atoms with van der Waals surface area (Å²) >= 11 is 0. The van der Waals surface area contributed by atoms with E-state index in [-0.39, 0.29) is 29.6 Å². The number of hydrogen-bond donors (Lipinski definition) is 3. The van der Waals surface area contributed by atoms with E-state index in [1.807, 2.05) is 12.1 Å². The number of hydrazine groups is 1. The Morgan fingerprint density at radius 1 is 1.28 bits per heavy atom. The third-order valence-corrected chi connectivity index (χ3v) is 5.95. The van der Waals surface area contributed by atoms with Crippen LogP contribution in [0, 0.1) is 17.2 Å². The van der Waals surface area contributed by atoms with Crippen LogP contribution in [0.3, 0.4) is 0 Å². The molecule has 3 N–H and O–H groups in total. The van der Waals surface area contributed by atoms with Crippen molar-refractivity contribution in [1.29, 1.82) is 5.26 Å². The second-order valence-electron chi connectivity index (χ2n) is 7.88. The molecule has 1 aliphatic heterocycles. The molecule has 11 heteroatoms. The van der Waals surface area contributed by atoms with Crippen molar-refractivity contribution in [1.82, 2.24) is 26.1 Å². The Hall–Kier alpha value is -3.23. The lowest BCUT2D eigenvalue weighted by Gasteiger charge is -2.33. The molecule has 1 saturated heterocycles. The Kier molecular flexibility index (Phi) is 5.99. The molecule has 4 unspecified atom stereocenters. The number of hydrogen-bond acceptors (Lipinski definition) is 7. The minimum atomic E-state index is -4.80. The lowest BCUT2D eigenvalue weighted by molar-refractivity contribution is -0.138. The van der Waals surface area contributed by atoms with E-state index in [0.29, 0.717) is 24.8 Å². The molecule has 0 aromatic carbocycles. The van der Waals surface area contributed by atoms with Gasteiger partial charge in [0.2, 0.25) is 5.88 Å². The van der Waals surface area contributed by atoms with Crippen LogP contribution >= 0.6 is 0 Å². The number of halogens is 3. The molecule has 0 spiro atoms. The van der Waals surface area contributed by atoms with Crippen LogP contribution in [-0.4, -0.2) is 35.1 Å². The maximum absolute atomic E-state index is 13.4. The Morgan fingerprint density at radius 2 is 2.09 bits per heavy atom. The number of pyridine rings is 2. The van der Waals surface area contributed by atoms with Crippen LogP contribution in [0.5, 0.6) is 5.88 Å². The summed E-state index contributed by atoms with van der Waals surface area (Å²) in [5.41, 5.74) is 5.33. The van der Waals surface area contributed by atoms with Gasteiger partial charge in [0, 0.05) is 30.5 Å². The van der Waals surface area contributed by atoms with Crippen molar-refractivity contribution in [2.45, 2.75) is 43.6 Å². The fourth-order valence-electron chi connectivity index (χ4n) is 4.43. The van der Waals surface area contributed by atoms with Gasteiger partial charge in [-0.2, -0.15) is 18.4 Å². The molecule has 2 aliphatic rings. The molecule has 1 amide bonds. The standard InChI is InChI=1S/C21H21F3N6O2/c1-32-17-7-12(4-5-26-17)18-14-8-13(2-3-16(14)29-30-18)28-20(31)19-15(21(22,23)24)6-11(9-25)10-27-19/h4-7,10,13-14,16,18,29-30H,2-3,8H2,1H3,(H,28,31). The normalized spacial score (nSPS) is 25.0. The number of nitrogens with zero attached hydrogens (tertiary/aromatic N) is 3. The van der Waals surface area contributed by atoms with Crippen LogP contribution in [-0.2, 0) is 6.18 Å². The first kappa shape index (κ1) is 22.0. The van der Waals surface area contributed by atoms with Crippen molar-refractivity contribution >= 4 is 5.91 Å². The highest BCUT2D eigenvalue weighted by molar-refractivity contribution is 5.94. The van der Waals surface area contributed by atoms with Crippen molar-refractivity contribution in [2.24, 2.45) is 5.92 Å². The van der Waals surface area contributed by atoms with Gasteiger partial charge in [-0.1, -0.05) is 0 Å². The van der Waals surface area contributed by atoms with Gasteiger partial charge in [0.05, 0.1) is 24.3 Å². The van der Waals surface area contributed by atoms with Crippen molar-refractivity contribution in [3.8, 4) is 11.9 Å². The molecule has 4 atom stereocenters. The number of carbonyl (C=O) groups excluding carboxylic acids is 1. The van der Waals surface area contributed by atoms with E-state index in [1.165, 1.54) is 7.11 Å². The number of nitriles is 1. The number of carbonyl (C=O) groups is 1. The van der Waals surface area contributed by atoms with E-state index < -0.39 is 23.3 Å². The van der Waals surface area contributed by atoms with Crippen LogP contribution in [0.25, 0.3) is 0 Å². The highest BCUT2D eigenvalue weighted by Crippen LogP contribution is 2.39. The largest absolute Gasteiger partial charge is 0.481 e. The Labute approximate surface area is 182 Å². The van der Waals surface area contributed by atoms with Crippen LogP contribution in [0.15, 0.2) is 30.6 Å². The molecule has 2 aromatic heterocycles. The maximum atomic E-state index is 13.4. The number of fused-ring (bicyclic) bond motifs is 1. The SMILES string of the molecule is COc1cc(C2NNC3CCC(NC(=O)c4ncc(C#N)cc4C(F)(F)F)CC32)ccn1. The highest BCUT2D eigenvalue weighted by Gasteiger charge is 2.42. The van der Waals surface area contributed by atoms with Gasteiger partial charge in [-0.3, -0.25) is 10.2 Å². The fourth-order valence-corrected chi connectivity index (χ4v) is 4.43. The molecular weight excluding hydrogens is 425 g/mol. The zero-order chi connectivity index (χ0) is 22.9. The van der Waals surface area contributed by atoms with Crippen molar-refractivity contribution < 1.29 is 22.7 Å². The summed E-state index contributed by atoms with van der Waals surface area (Å²) in [7, 11) is 1.54. The number of methoxy groups -OCH3 is 1. The third kappa shape index (κ3) is 4.37. The monoisotopic (exact) mass is 446 g/mol. The second-order valence-corrected chi connectivity index (χ2v) is 7.88. The summed E-state index contributed by atoms with van der Waals surface area (Å²) in [5, 5.41) is 11.6. The first-order valence-electron chi connectivity index (χ1n) is 10.1. The lowest BCUT2D eigenvalue weighted by atomic mass is 9.77. The van der Waals surface area contributed by atoms with Gasteiger partial charge in [-0.05, 0) is 42.9 Å². The van der Waals surface area contributed by atoms with Crippen molar-refractivity contribution in [3.05, 3.63) is 53.0 Å². The zero-order valence-electron chi connectivity index (χ0n) is 17.1. The van der Waals surface area contributed by atoms with E-state index in [4.69, 9.17) is 10.00 Å². The molecule has 4 rings (SSSR count). The average Bonchev–Trinajstić information content (AvgIpc) is 3.21.